The fourth-order valence-corrected chi connectivity index (χ4v) is 4.19. The van der Waals surface area contributed by atoms with Gasteiger partial charge in [0.05, 0.1) is 0 Å². The number of hydrogen-bond acceptors (Lipinski definition) is 0. The molecule has 0 aromatic heterocycles. The second-order valence-corrected chi connectivity index (χ2v) is 12.4. The second kappa shape index (κ2) is 14.8. The van der Waals surface area contributed by atoms with Crippen LogP contribution in [-0.4, -0.2) is 14.1 Å². The quantitative estimate of drug-likeness (QED) is 0.341. The average Bonchev–Trinajstić information content (AvgIpc) is 3.42. The Labute approximate surface area is 195 Å². The molecule has 1 nitrogen and oxygen atoms in total. The molecule has 0 aliphatic heterocycles. The molecule has 3 heteroatoms. The molecule has 0 bridgehead atoms. The molecular weight excluding hydrogens is 434 g/mol. The van der Waals surface area contributed by atoms with E-state index in [1.165, 1.54) is 24.8 Å². The van der Waals surface area contributed by atoms with E-state index < -0.39 is 8.07 Å². The van der Waals surface area contributed by atoms with E-state index >= 15 is 0 Å². The summed E-state index contributed by atoms with van der Waals surface area (Å²) in [5.74, 6) is 0. The number of nitrogens with zero attached hydrogens (tertiary/aromatic N) is 1. The Morgan fingerprint density at radius 3 is 1.68 bits per heavy atom. The summed E-state index contributed by atoms with van der Waals surface area (Å²) in [7, 11) is -1.23. The maximum Gasteiger partial charge on any atom is 4.00 e. The van der Waals surface area contributed by atoms with E-state index in [2.05, 4.69) is 49.6 Å². The van der Waals surface area contributed by atoms with Gasteiger partial charge in [0.15, 0.2) is 0 Å². The number of para-hydroxylation sites is 1. The zero-order valence-electron chi connectivity index (χ0n) is 17.3. The number of benzene rings is 1. The topological polar surface area (TPSA) is 14.1 Å². The van der Waals surface area contributed by atoms with E-state index in [1.807, 2.05) is 70.3 Å². The number of hydrogen-bond donors (Lipinski definition) is 0. The van der Waals surface area contributed by atoms with Gasteiger partial charge < -0.3 is 11.0 Å². The van der Waals surface area contributed by atoms with E-state index in [-0.39, 0.29) is 26.2 Å². The van der Waals surface area contributed by atoms with Gasteiger partial charge in [0.25, 0.3) is 0 Å². The van der Waals surface area contributed by atoms with Gasteiger partial charge in [-0.2, -0.15) is 0 Å². The van der Waals surface area contributed by atoms with Crippen molar-refractivity contribution in [3.63, 3.8) is 0 Å². The maximum atomic E-state index is 4.85. The van der Waals surface area contributed by atoms with Crippen LogP contribution in [0.1, 0.15) is 19.3 Å². The van der Waals surface area contributed by atoms with E-state index in [1.54, 1.807) is 0 Å². The Morgan fingerprint density at radius 2 is 1.25 bits per heavy atom. The van der Waals surface area contributed by atoms with Crippen molar-refractivity contribution in [2.24, 2.45) is 0 Å². The summed E-state index contributed by atoms with van der Waals surface area (Å²) < 4.78 is 0. The van der Waals surface area contributed by atoms with E-state index in [0.29, 0.717) is 6.04 Å². The Bertz CT molecular complexity index is 502. The molecule has 4 rings (SSSR count). The molecule has 1 aromatic rings. The molecule has 28 heavy (non-hydrogen) atoms. The second-order valence-electron chi connectivity index (χ2n) is 7.70. The monoisotopic (exact) mass is 463 g/mol. The van der Waals surface area contributed by atoms with Gasteiger partial charge in [-0.1, -0.05) is 69.2 Å². The Balaban J connectivity index is 0.000000290. The van der Waals surface area contributed by atoms with Crippen molar-refractivity contribution in [1.29, 1.82) is 0 Å². The van der Waals surface area contributed by atoms with Crippen LogP contribution in [0.25, 0.3) is 5.32 Å². The zero-order chi connectivity index (χ0) is 19.4. The maximum absolute atomic E-state index is 4.85. The predicted molar refractivity (Wildman–Crippen MR) is 120 cm³/mol. The van der Waals surface area contributed by atoms with Gasteiger partial charge >= 0.3 is 26.2 Å². The van der Waals surface area contributed by atoms with Crippen LogP contribution >= 0.6 is 0 Å². The van der Waals surface area contributed by atoms with Crippen LogP contribution in [0.15, 0.2) is 35.9 Å². The molecule has 1 aromatic carbocycles. The van der Waals surface area contributed by atoms with E-state index in [9.17, 15) is 0 Å². The molecule has 0 spiro atoms. The van der Waals surface area contributed by atoms with Crippen molar-refractivity contribution in [2.75, 3.05) is 0 Å². The largest absolute Gasteiger partial charge is 4.00 e. The fraction of sp³-hybridized carbons (Fsp3) is 0.280. The molecule has 142 valence electrons. The van der Waals surface area contributed by atoms with Crippen LogP contribution in [0, 0.1) is 69.9 Å². The summed E-state index contributed by atoms with van der Waals surface area (Å²) in [5.41, 5.74) is 6.32. The van der Waals surface area contributed by atoms with Gasteiger partial charge in [0.2, 0.25) is 0 Å². The van der Waals surface area contributed by atoms with Gasteiger partial charge in [-0.15, -0.1) is 19.8 Å². The van der Waals surface area contributed by atoms with Crippen molar-refractivity contribution in [2.45, 2.75) is 44.9 Å². The van der Waals surface area contributed by atoms with Crippen LogP contribution in [0.5, 0.6) is 0 Å². The minimum absolute atomic E-state index is 0. The summed E-state index contributed by atoms with van der Waals surface area (Å²) in [5, 5.41) is 4.85. The van der Waals surface area contributed by atoms with Gasteiger partial charge in [-0.3, -0.25) is 5.57 Å². The zero-order valence-corrected chi connectivity index (χ0v) is 20.8. The molecule has 3 aliphatic carbocycles. The van der Waals surface area contributed by atoms with Crippen LogP contribution < -0.4 is 0 Å². The van der Waals surface area contributed by atoms with Gasteiger partial charge in [0.1, 0.15) is 0 Å². The third-order valence-corrected chi connectivity index (χ3v) is 5.10. The molecule has 10 radical (unpaired) electrons. The summed E-state index contributed by atoms with van der Waals surface area (Å²) in [6, 6.07) is 10.7. The standard InChI is InChI=1S/C15H21NSi.2C5H5.Zr/c1-17(2,3)12-13-8-7-11-15(13)16-14-9-5-4-6-10-14;2*1-2-4-5-3-1;/h4-6,9-10,15H,7-8,11H2,1-3H3;2*1-5H;/q-2;;;+4. The molecule has 0 amide bonds. The van der Waals surface area contributed by atoms with Crippen molar-refractivity contribution in [3.05, 3.63) is 111 Å². The van der Waals surface area contributed by atoms with Gasteiger partial charge in [0, 0.05) is 0 Å². The van der Waals surface area contributed by atoms with Crippen LogP contribution in [0.2, 0.25) is 19.6 Å². The van der Waals surface area contributed by atoms with Crippen molar-refractivity contribution >= 4 is 13.8 Å². The van der Waals surface area contributed by atoms with Gasteiger partial charge in [-0.25, -0.2) is 0 Å². The molecule has 1 atom stereocenters. The van der Waals surface area contributed by atoms with E-state index in [4.69, 9.17) is 5.32 Å². The summed E-state index contributed by atoms with van der Waals surface area (Å²) in [4.78, 5) is 0. The van der Waals surface area contributed by atoms with Gasteiger partial charge in [-0.05, 0) is 64.2 Å². The summed E-state index contributed by atoms with van der Waals surface area (Å²) in [6.07, 6.45) is 23.7. The molecule has 0 heterocycles. The molecule has 1 unspecified atom stereocenters. The van der Waals surface area contributed by atoms with Crippen LogP contribution in [0.4, 0.5) is 5.69 Å². The third-order valence-electron chi connectivity index (χ3n) is 4.03. The SMILES string of the molecule is C[Si](C)(C)[C-]=C1CCCC1[N-]c1ccccc1.[CH]1[CH][CH][CH][CH]1.[CH]1[CH][CH][CH][CH]1.[Zr+4]. The molecular formula is C25H31NSiZr+2. The van der Waals surface area contributed by atoms with Crippen LogP contribution in [-0.2, 0) is 26.2 Å². The first-order chi connectivity index (χ1) is 13.0. The van der Waals surface area contributed by atoms with Crippen molar-refractivity contribution < 1.29 is 26.2 Å². The molecule has 3 saturated carbocycles. The summed E-state index contributed by atoms with van der Waals surface area (Å²) in [6.45, 7) is 7.04. The minimum atomic E-state index is -1.23. The Morgan fingerprint density at radius 1 is 0.786 bits per heavy atom. The number of rotatable bonds is 3. The molecule has 3 aliphatic rings. The minimum Gasteiger partial charge on any atom is -0.681 e. The summed E-state index contributed by atoms with van der Waals surface area (Å²) >= 11 is 0. The third kappa shape index (κ3) is 11.8. The first kappa shape index (κ1) is 25.9. The molecule has 0 N–H and O–H groups in total. The smallest absolute Gasteiger partial charge is 0.681 e. The first-order valence-electron chi connectivity index (χ1n) is 9.78. The fourth-order valence-electron chi connectivity index (χ4n) is 2.93. The van der Waals surface area contributed by atoms with E-state index in [0.717, 1.165) is 5.69 Å². The van der Waals surface area contributed by atoms with Crippen molar-refractivity contribution in [3.8, 4) is 0 Å². The Hall–Kier alpha value is -0.140. The molecule has 0 saturated heterocycles. The normalized spacial score (nSPS) is 22.5. The van der Waals surface area contributed by atoms with Crippen LogP contribution in [0.3, 0.4) is 0 Å². The van der Waals surface area contributed by atoms with Crippen molar-refractivity contribution in [1.82, 2.24) is 0 Å². The average molecular weight is 465 g/mol. The first-order valence-corrected chi connectivity index (χ1v) is 13.3. The predicted octanol–water partition coefficient (Wildman–Crippen LogP) is 6.89. The Kier molecular flexibility index (Phi) is 13.7. The molecule has 3 fully saturated rings.